The first kappa shape index (κ1) is 13.0. The molecule has 88 valence electrons. The number of amides is 1. The van der Waals surface area contributed by atoms with Crippen LogP contribution < -0.4 is 5.32 Å². The zero-order valence-electron chi connectivity index (χ0n) is 9.14. The van der Waals surface area contributed by atoms with Crippen LogP contribution in [0.25, 0.3) is 0 Å². The van der Waals surface area contributed by atoms with E-state index >= 15 is 0 Å². The number of ether oxygens (including phenoxy) is 1. The fourth-order valence-corrected chi connectivity index (χ4v) is 2.20. The van der Waals surface area contributed by atoms with Crippen molar-refractivity contribution in [2.75, 3.05) is 25.1 Å². The lowest BCUT2D eigenvalue weighted by molar-refractivity contribution is -0.122. The van der Waals surface area contributed by atoms with E-state index in [9.17, 15) is 4.79 Å². The largest absolute Gasteiger partial charge is 0.379 e. The lowest BCUT2D eigenvalue weighted by Gasteiger charge is -2.09. The molecule has 4 heteroatoms. The molecule has 1 saturated carbocycles. The molecule has 1 aliphatic carbocycles. The highest BCUT2D eigenvalue weighted by molar-refractivity contribution is 9.09. The maximum absolute atomic E-state index is 11.5. The van der Waals surface area contributed by atoms with Crippen molar-refractivity contribution in [3.05, 3.63) is 0 Å². The van der Waals surface area contributed by atoms with Gasteiger partial charge in [-0.2, -0.15) is 0 Å². The molecule has 0 heterocycles. The Bertz CT molecular complexity index is 181. The van der Waals surface area contributed by atoms with Crippen LogP contribution in [0, 0.1) is 5.92 Å². The molecular formula is C11H20BrNO2. The number of hydrogen-bond donors (Lipinski definition) is 1. The van der Waals surface area contributed by atoms with Gasteiger partial charge in [0.15, 0.2) is 0 Å². The number of hydrogen-bond acceptors (Lipinski definition) is 2. The highest BCUT2D eigenvalue weighted by Crippen LogP contribution is 2.27. The van der Waals surface area contributed by atoms with Crippen LogP contribution in [0.3, 0.4) is 0 Å². The first-order chi connectivity index (χ1) is 7.33. The molecule has 1 N–H and O–H groups in total. The van der Waals surface area contributed by atoms with Gasteiger partial charge >= 0.3 is 0 Å². The molecule has 0 aliphatic heterocycles. The molecule has 0 unspecified atom stereocenters. The minimum absolute atomic E-state index is 0.185. The first-order valence-electron chi connectivity index (χ1n) is 5.73. The Morgan fingerprint density at radius 1 is 1.33 bits per heavy atom. The minimum atomic E-state index is 0.185. The Kier molecular flexibility index (Phi) is 7.01. The summed E-state index contributed by atoms with van der Waals surface area (Å²) in [5, 5.41) is 3.74. The van der Waals surface area contributed by atoms with Crippen LogP contribution in [0.2, 0.25) is 0 Å². The van der Waals surface area contributed by atoms with E-state index in [1.54, 1.807) is 0 Å². The van der Waals surface area contributed by atoms with Crippen molar-refractivity contribution in [3.63, 3.8) is 0 Å². The van der Waals surface area contributed by atoms with Crippen molar-refractivity contribution < 1.29 is 9.53 Å². The molecule has 0 atom stereocenters. The van der Waals surface area contributed by atoms with Crippen molar-refractivity contribution in [1.29, 1.82) is 0 Å². The van der Waals surface area contributed by atoms with Crippen LogP contribution in [-0.2, 0) is 9.53 Å². The number of carbonyl (C=O) groups is 1. The predicted octanol–water partition coefficient (Wildman–Crippen LogP) is 2.09. The van der Waals surface area contributed by atoms with E-state index in [4.69, 9.17) is 4.74 Å². The predicted molar refractivity (Wildman–Crippen MR) is 64.2 cm³/mol. The Morgan fingerprint density at radius 2 is 2.07 bits per heavy atom. The Labute approximate surface area is 100 Å². The van der Waals surface area contributed by atoms with E-state index < -0.39 is 0 Å². The van der Waals surface area contributed by atoms with Crippen LogP contribution >= 0.6 is 15.9 Å². The van der Waals surface area contributed by atoms with E-state index in [1.165, 1.54) is 25.7 Å². The van der Waals surface area contributed by atoms with E-state index in [2.05, 4.69) is 21.2 Å². The highest BCUT2D eigenvalue weighted by atomic mass is 79.9. The minimum Gasteiger partial charge on any atom is -0.379 e. The van der Waals surface area contributed by atoms with Crippen LogP contribution in [-0.4, -0.2) is 31.0 Å². The normalized spacial score (nSPS) is 16.9. The molecule has 1 rings (SSSR count). The zero-order valence-corrected chi connectivity index (χ0v) is 10.7. The third-order valence-electron chi connectivity index (χ3n) is 2.74. The molecule has 1 aliphatic rings. The zero-order chi connectivity index (χ0) is 10.9. The molecule has 1 fully saturated rings. The van der Waals surface area contributed by atoms with Crippen molar-refractivity contribution in [2.24, 2.45) is 5.92 Å². The van der Waals surface area contributed by atoms with Gasteiger partial charge in [-0.05, 0) is 18.8 Å². The lowest BCUT2D eigenvalue weighted by Crippen LogP contribution is -2.28. The number of rotatable bonds is 7. The fourth-order valence-electron chi connectivity index (χ4n) is 1.97. The summed E-state index contributed by atoms with van der Waals surface area (Å²) in [5.41, 5.74) is 0. The van der Waals surface area contributed by atoms with E-state index in [0.29, 0.717) is 32.1 Å². The van der Waals surface area contributed by atoms with Gasteiger partial charge in [0.2, 0.25) is 5.91 Å². The molecule has 0 aromatic carbocycles. The second-order valence-corrected chi connectivity index (χ2v) is 4.80. The third kappa shape index (κ3) is 6.15. The fraction of sp³-hybridized carbons (Fsp3) is 0.909. The molecule has 0 radical (unpaired) electrons. The average molecular weight is 278 g/mol. The maximum atomic E-state index is 11.5. The summed E-state index contributed by atoms with van der Waals surface area (Å²) in [5.74, 6) is 0.817. The van der Waals surface area contributed by atoms with Gasteiger partial charge in [-0.25, -0.2) is 0 Å². The van der Waals surface area contributed by atoms with Crippen LogP contribution in [0.1, 0.15) is 32.1 Å². The Hall–Kier alpha value is -0.0900. The van der Waals surface area contributed by atoms with Gasteiger partial charge in [-0.1, -0.05) is 28.8 Å². The molecule has 0 saturated heterocycles. The topological polar surface area (TPSA) is 38.3 Å². The van der Waals surface area contributed by atoms with Crippen molar-refractivity contribution >= 4 is 21.8 Å². The summed E-state index contributed by atoms with van der Waals surface area (Å²) in [6, 6.07) is 0. The van der Waals surface area contributed by atoms with Gasteiger partial charge in [0.05, 0.1) is 13.2 Å². The number of carbonyl (C=O) groups excluding carboxylic acids is 1. The van der Waals surface area contributed by atoms with Gasteiger partial charge in [0, 0.05) is 18.3 Å². The first-order valence-corrected chi connectivity index (χ1v) is 6.85. The molecule has 15 heavy (non-hydrogen) atoms. The van der Waals surface area contributed by atoms with Gasteiger partial charge in [0.25, 0.3) is 0 Å². The Morgan fingerprint density at radius 3 is 2.73 bits per heavy atom. The smallest absolute Gasteiger partial charge is 0.220 e. The number of alkyl halides is 1. The third-order valence-corrected chi connectivity index (χ3v) is 3.06. The number of halogens is 1. The summed E-state index contributed by atoms with van der Waals surface area (Å²) < 4.78 is 5.24. The Balaban J connectivity index is 1.93. The monoisotopic (exact) mass is 277 g/mol. The van der Waals surface area contributed by atoms with Gasteiger partial charge < -0.3 is 10.1 Å². The molecule has 0 aromatic rings. The maximum Gasteiger partial charge on any atom is 0.220 e. The van der Waals surface area contributed by atoms with Crippen LogP contribution in [0.4, 0.5) is 0 Å². The molecule has 3 nitrogen and oxygen atoms in total. The summed E-state index contributed by atoms with van der Waals surface area (Å²) in [4.78, 5) is 11.5. The lowest BCUT2D eigenvalue weighted by atomic mass is 10.0. The summed E-state index contributed by atoms with van der Waals surface area (Å²) in [7, 11) is 0. The van der Waals surface area contributed by atoms with E-state index in [0.717, 1.165) is 5.33 Å². The van der Waals surface area contributed by atoms with Crippen molar-refractivity contribution in [2.45, 2.75) is 32.1 Å². The second-order valence-electron chi connectivity index (χ2n) is 4.01. The van der Waals surface area contributed by atoms with Crippen LogP contribution in [0.15, 0.2) is 0 Å². The van der Waals surface area contributed by atoms with Gasteiger partial charge in [-0.15, -0.1) is 0 Å². The summed E-state index contributed by atoms with van der Waals surface area (Å²) in [6.45, 7) is 1.96. The average Bonchev–Trinajstić information content (AvgIpc) is 2.70. The summed E-state index contributed by atoms with van der Waals surface area (Å²) in [6.07, 6.45) is 5.76. The second kappa shape index (κ2) is 8.11. The molecule has 0 spiro atoms. The highest BCUT2D eigenvalue weighted by Gasteiger charge is 2.17. The molecule has 1 amide bonds. The molecule has 0 aromatic heterocycles. The van der Waals surface area contributed by atoms with Crippen molar-refractivity contribution in [3.8, 4) is 0 Å². The SMILES string of the molecule is O=C(CC1CCCC1)NCCOCCBr. The van der Waals surface area contributed by atoms with E-state index in [-0.39, 0.29) is 5.91 Å². The molecular weight excluding hydrogens is 258 g/mol. The standard InChI is InChI=1S/C11H20BrNO2/c12-5-7-15-8-6-13-11(14)9-10-3-1-2-4-10/h10H,1-9H2,(H,13,14). The number of nitrogens with one attached hydrogen (secondary N) is 1. The van der Waals surface area contributed by atoms with E-state index in [1.807, 2.05) is 0 Å². The van der Waals surface area contributed by atoms with Gasteiger partial charge in [-0.3, -0.25) is 4.79 Å². The van der Waals surface area contributed by atoms with Crippen molar-refractivity contribution in [1.82, 2.24) is 5.32 Å². The summed E-state index contributed by atoms with van der Waals surface area (Å²) >= 11 is 3.28. The van der Waals surface area contributed by atoms with Gasteiger partial charge in [0.1, 0.15) is 0 Å². The van der Waals surface area contributed by atoms with Crippen LogP contribution in [0.5, 0.6) is 0 Å². The molecule has 0 bridgehead atoms. The quantitative estimate of drug-likeness (QED) is 0.572.